The Morgan fingerprint density at radius 3 is 2.80 bits per heavy atom. The Hall–Kier alpha value is -1.94. The van der Waals surface area contributed by atoms with Crippen LogP contribution in [-0.4, -0.2) is 9.97 Å². The van der Waals surface area contributed by atoms with Crippen LogP contribution in [-0.2, 0) is 6.42 Å². The van der Waals surface area contributed by atoms with Crippen LogP contribution in [0, 0.1) is 10.6 Å². The molecule has 0 aliphatic heterocycles. The third kappa shape index (κ3) is 2.65. The van der Waals surface area contributed by atoms with Crippen LogP contribution in [0.1, 0.15) is 19.5 Å². The molecule has 102 valence electrons. The molecule has 0 atom stereocenters. The molecule has 0 saturated heterocycles. The second-order valence-electron chi connectivity index (χ2n) is 5.34. The lowest BCUT2D eigenvalue weighted by molar-refractivity contribution is 0.615. The molecule has 0 saturated carbocycles. The first-order valence-electron chi connectivity index (χ1n) is 6.71. The van der Waals surface area contributed by atoms with E-state index in [1.807, 2.05) is 36.4 Å². The standard InChI is InChI=1S/C16H16N2OS/c1-10(2)7-12-9-15(20)18-16(17-12)14-8-11-5-3-4-6-13(11)19-14/h3-6,8-10H,7H2,1-2H3,(H,17,18,20). The smallest absolute Gasteiger partial charge is 0.175 e. The van der Waals surface area contributed by atoms with Gasteiger partial charge in [-0.2, -0.15) is 0 Å². The highest BCUT2D eigenvalue weighted by Gasteiger charge is 2.09. The molecule has 3 rings (SSSR count). The molecule has 0 amide bonds. The summed E-state index contributed by atoms with van der Waals surface area (Å²) >= 11 is 5.25. The maximum absolute atomic E-state index is 5.83. The first kappa shape index (κ1) is 13.1. The van der Waals surface area contributed by atoms with E-state index in [1.165, 1.54) is 0 Å². The van der Waals surface area contributed by atoms with Crippen LogP contribution in [0.3, 0.4) is 0 Å². The van der Waals surface area contributed by atoms with Crippen LogP contribution >= 0.6 is 12.2 Å². The first-order chi connectivity index (χ1) is 9.61. The number of benzene rings is 1. The van der Waals surface area contributed by atoms with Crippen LogP contribution in [0.4, 0.5) is 0 Å². The highest BCUT2D eigenvalue weighted by molar-refractivity contribution is 7.71. The van der Waals surface area contributed by atoms with Crippen molar-refractivity contribution >= 4 is 23.2 Å². The van der Waals surface area contributed by atoms with Crippen LogP contribution in [0.25, 0.3) is 22.6 Å². The fourth-order valence-electron chi connectivity index (χ4n) is 2.27. The zero-order valence-corrected chi connectivity index (χ0v) is 12.3. The minimum absolute atomic E-state index is 0.562. The number of nitrogens with zero attached hydrogens (tertiary/aromatic N) is 1. The van der Waals surface area contributed by atoms with E-state index in [4.69, 9.17) is 16.6 Å². The quantitative estimate of drug-likeness (QED) is 0.706. The summed E-state index contributed by atoms with van der Waals surface area (Å²) < 4.78 is 6.42. The third-order valence-corrected chi connectivity index (χ3v) is 3.29. The summed E-state index contributed by atoms with van der Waals surface area (Å²) in [7, 11) is 0. The zero-order chi connectivity index (χ0) is 14.1. The van der Waals surface area contributed by atoms with Gasteiger partial charge in [-0.25, -0.2) is 4.98 Å². The number of hydrogen-bond donors (Lipinski definition) is 1. The van der Waals surface area contributed by atoms with Gasteiger partial charge in [0.05, 0.1) is 0 Å². The Morgan fingerprint density at radius 2 is 2.05 bits per heavy atom. The number of furan rings is 1. The van der Waals surface area contributed by atoms with Gasteiger partial charge >= 0.3 is 0 Å². The molecule has 1 aromatic carbocycles. The van der Waals surface area contributed by atoms with Crippen molar-refractivity contribution < 1.29 is 4.42 Å². The van der Waals surface area contributed by atoms with Crippen LogP contribution in [0.5, 0.6) is 0 Å². The normalized spacial score (nSPS) is 11.3. The Bertz CT molecular complexity index is 768. The minimum atomic E-state index is 0.562. The molecule has 1 N–H and O–H groups in total. The molecule has 3 nitrogen and oxygen atoms in total. The van der Waals surface area contributed by atoms with Gasteiger partial charge in [0.1, 0.15) is 10.2 Å². The molecule has 0 unspecified atom stereocenters. The molecule has 0 spiro atoms. The topological polar surface area (TPSA) is 41.8 Å². The molecule has 2 aromatic heterocycles. The molecular weight excluding hydrogens is 268 g/mol. The SMILES string of the molecule is CC(C)Cc1cc(=S)nc(-c2cc3ccccc3o2)[nH]1. The number of aromatic nitrogens is 2. The third-order valence-electron chi connectivity index (χ3n) is 3.09. The molecule has 2 heterocycles. The van der Waals surface area contributed by atoms with Crippen molar-refractivity contribution in [2.45, 2.75) is 20.3 Å². The predicted molar refractivity (Wildman–Crippen MR) is 83.2 cm³/mol. The Balaban J connectivity index is 2.08. The van der Waals surface area contributed by atoms with Gasteiger partial charge in [0.25, 0.3) is 0 Å². The summed E-state index contributed by atoms with van der Waals surface area (Å²) in [5.74, 6) is 1.99. The van der Waals surface area contributed by atoms with Crippen molar-refractivity contribution in [1.29, 1.82) is 0 Å². The van der Waals surface area contributed by atoms with E-state index in [0.29, 0.717) is 16.4 Å². The molecule has 0 radical (unpaired) electrons. The van der Waals surface area contributed by atoms with Crippen LogP contribution < -0.4 is 0 Å². The first-order valence-corrected chi connectivity index (χ1v) is 7.12. The molecular formula is C16H16N2OS. The van der Waals surface area contributed by atoms with Gasteiger partial charge in [-0.05, 0) is 30.5 Å². The van der Waals surface area contributed by atoms with E-state index in [0.717, 1.165) is 28.8 Å². The van der Waals surface area contributed by atoms with Crippen LogP contribution in [0.15, 0.2) is 40.8 Å². The number of para-hydroxylation sites is 1. The average molecular weight is 284 g/mol. The molecule has 0 bridgehead atoms. The summed E-state index contributed by atoms with van der Waals surface area (Å²) in [5.41, 5.74) is 1.95. The van der Waals surface area contributed by atoms with Crippen molar-refractivity contribution in [3.63, 3.8) is 0 Å². The van der Waals surface area contributed by atoms with E-state index in [2.05, 4.69) is 23.8 Å². The Kier molecular flexibility index (Phi) is 3.40. The van der Waals surface area contributed by atoms with Crippen molar-refractivity contribution in [2.75, 3.05) is 0 Å². The Labute approximate surface area is 122 Å². The minimum Gasteiger partial charge on any atom is -0.453 e. The molecule has 3 aromatic rings. The van der Waals surface area contributed by atoms with Crippen molar-refractivity contribution in [3.05, 3.63) is 46.7 Å². The number of rotatable bonds is 3. The number of H-pyrrole nitrogens is 1. The summed E-state index contributed by atoms with van der Waals surface area (Å²) in [5, 5.41) is 1.07. The lowest BCUT2D eigenvalue weighted by Gasteiger charge is -2.06. The monoisotopic (exact) mass is 284 g/mol. The predicted octanol–water partition coefficient (Wildman–Crippen LogP) is 4.75. The van der Waals surface area contributed by atoms with Crippen molar-refractivity contribution in [2.24, 2.45) is 5.92 Å². The zero-order valence-electron chi connectivity index (χ0n) is 11.5. The summed E-state index contributed by atoms with van der Waals surface area (Å²) in [6.07, 6.45) is 0.944. The Morgan fingerprint density at radius 1 is 1.25 bits per heavy atom. The van der Waals surface area contributed by atoms with Gasteiger partial charge in [0, 0.05) is 11.1 Å². The van der Waals surface area contributed by atoms with Gasteiger partial charge in [0.15, 0.2) is 11.6 Å². The van der Waals surface area contributed by atoms with Gasteiger partial charge in [-0.3, -0.25) is 0 Å². The number of fused-ring (bicyclic) bond motifs is 1. The fraction of sp³-hybridized carbons (Fsp3) is 0.250. The van der Waals surface area contributed by atoms with Crippen LogP contribution in [0.2, 0.25) is 0 Å². The van der Waals surface area contributed by atoms with Gasteiger partial charge in [0.2, 0.25) is 0 Å². The fourth-order valence-corrected chi connectivity index (χ4v) is 2.51. The summed E-state index contributed by atoms with van der Waals surface area (Å²) in [6, 6.07) is 11.8. The highest BCUT2D eigenvalue weighted by atomic mass is 32.1. The maximum Gasteiger partial charge on any atom is 0.175 e. The van der Waals surface area contributed by atoms with E-state index < -0.39 is 0 Å². The molecule has 4 heteroatoms. The summed E-state index contributed by atoms with van der Waals surface area (Å²) in [4.78, 5) is 7.69. The average Bonchev–Trinajstić information content (AvgIpc) is 2.80. The van der Waals surface area contributed by atoms with E-state index >= 15 is 0 Å². The van der Waals surface area contributed by atoms with Gasteiger partial charge < -0.3 is 9.40 Å². The van der Waals surface area contributed by atoms with E-state index in [1.54, 1.807) is 0 Å². The number of aromatic amines is 1. The largest absolute Gasteiger partial charge is 0.453 e. The molecule has 20 heavy (non-hydrogen) atoms. The van der Waals surface area contributed by atoms with Crippen molar-refractivity contribution in [1.82, 2.24) is 9.97 Å². The lowest BCUT2D eigenvalue weighted by atomic mass is 10.1. The van der Waals surface area contributed by atoms with E-state index in [9.17, 15) is 0 Å². The second kappa shape index (κ2) is 5.21. The lowest BCUT2D eigenvalue weighted by Crippen LogP contribution is -2.00. The second-order valence-corrected chi connectivity index (χ2v) is 5.76. The number of hydrogen-bond acceptors (Lipinski definition) is 3. The molecule has 0 aliphatic rings. The molecule has 0 aliphatic carbocycles. The van der Waals surface area contributed by atoms with Gasteiger partial charge in [-0.15, -0.1) is 0 Å². The highest BCUT2D eigenvalue weighted by Crippen LogP contribution is 2.25. The van der Waals surface area contributed by atoms with Gasteiger partial charge in [-0.1, -0.05) is 44.3 Å². The van der Waals surface area contributed by atoms with Crippen molar-refractivity contribution in [3.8, 4) is 11.6 Å². The molecule has 0 fully saturated rings. The summed E-state index contributed by atoms with van der Waals surface area (Å²) in [6.45, 7) is 4.36. The number of nitrogens with one attached hydrogen (secondary N) is 1. The van der Waals surface area contributed by atoms with E-state index in [-0.39, 0.29) is 0 Å². The maximum atomic E-state index is 5.83.